The summed E-state index contributed by atoms with van der Waals surface area (Å²) >= 11 is 4.17. The number of carbonyl (C=O) groups is 1. The van der Waals surface area contributed by atoms with E-state index in [0.717, 1.165) is 12.8 Å². The molecule has 3 heteroatoms. The molecule has 0 aromatic carbocycles. The van der Waals surface area contributed by atoms with Gasteiger partial charge in [-0.25, -0.2) is 0 Å². The zero-order valence-electron chi connectivity index (χ0n) is 9.29. The highest BCUT2D eigenvalue weighted by Gasteiger charge is 2.12. The summed E-state index contributed by atoms with van der Waals surface area (Å²) in [7, 11) is 1.41. The second-order valence-electron chi connectivity index (χ2n) is 3.60. The summed E-state index contributed by atoms with van der Waals surface area (Å²) in [4.78, 5) is 11.0. The van der Waals surface area contributed by atoms with Gasteiger partial charge in [-0.3, -0.25) is 4.79 Å². The fourth-order valence-corrected chi connectivity index (χ4v) is 1.66. The van der Waals surface area contributed by atoms with E-state index in [-0.39, 0.29) is 11.2 Å². The van der Waals surface area contributed by atoms with Crippen LogP contribution in [0.15, 0.2) is 0 Å². The van der Waals surface area contributed by atoms with Crippen LogP contribution in [-0.4, -0.2) is 18.3 Å². The summed E-state index contributed by atoms with van der Waals surface area (Å²) in [5.74, 6) is -0.207. The number of rotatable bonds is 8. The van der Waals surface area contributed by atoms with Crippen LogP contribution in [0.2, 0.25) is 0 Å². The van der Waals surface area contributed by atoms with Gasteiger partial charge in [0.1, 0.15) is 0 Å². The summed E-state index contributed by atoms with van der Waals surface area (Å²) in [5.41, 5.74) is 0. The third kappa shape index (κ3) is 7.25. The summed E-state index contributed by atoms with van der Waals surface area (Å²) in [5, 5.41) is -0.230. The minimum absolute atomic E-state index is 0.207. The van der Waals surface area contributed by atoms with Gasteiger partial charge in [0.05, 0.1) is 12.4 Å². The number of ether oxygens (including phenoxy) is 1. The molecule has 0 aromatic rings. The molecule has 0 N–H and O–H groups in total. The fourth-order valence-electron chi connectivity index (χ4n) is 1.37. The van der Waals surface area contributed by atoms with Crippen molar-refractivity contribution in [2.24, 2.45) is 0 Å². The first kappa shape index (κ1) is 13.8. The van der Waals surface area contributed by atoms with Gasteiger partial charge in [-0.05, 0) is 6.42 Å². The van der Waals surface area contributed by atoms with E-state index < -0.39 is 0 Å². The molecule has 0 bridgehead atoms. The van der Waals surface area contributed by atoms with Crippen LogP contribution < -0.4 is 0 Å². The van der Waals surface area contributed by atoms with Gasteiger partial charge in [-0.2, -0.15) is 12.6 Å². The molecular formula is C11H22O2S. The Morgan fingerprint density at radius 3 is 2.36 bits per heavy atom. The Balaban J connectivity index is 3.23. The second-order valence-corrected chi connectivity index (χ2v) is 4.22. The van der Waals surface area contributed by atoms with Crippen LogP contribution >= 0.6 is 12.6 Å². The Bertz CT molecular complexity index is 148. The number of hydrogen-bond donors (Lipinski definition) is 1. The largest absolute Gasteiger partial charge is 0.468 e. The molecule has 84 valence electrons. The van der Waals surface area contributed by atoms with Gasteiger partial charge in [0, 0.05) is 0 Å². The maximum absolute atomic E-state index is 11.0. The van der Waals surface area contributed by atoms with Gasteiger partial charge in [-0.1, -0.05) is 45.4 Å². The molecule has 14 heavy (non-hydrogen) atoms. The minimum atomic E-state index is -0.230. The summed E-state index contributed by atoms with van der Waals surface area (Å²) in [6.07, 6.45) is 8.29. The van der Waals surface area contributed by atoms with Crippen LogP contribution in [0.25, 0.3) is 0 Å². The molecular weight excluding hydrogens is 196 g/mol. The average Bonchev–Trinajstić information content (AvgIpc) is 2.21. The van der Waals surface area contributed by atoms with E-state index in [4.69, 9.17) is 0 Å². The predicted octanol–water partition coefficient (Wildman–Crippen LogP) is 3.21. The molecule has 0 saturated heterocycles. The normalized spacial score (nSPS) is 12.5. The zero-order chi connectivity index (χ0) is 10.8. The smallest absolute Gasteiger partial charge is 0.318 e. The van der Waals surface area contributed by atoms with E-state index >= 15 is 0 Å². The van der Waals surface area contributed by atoms with Gasteiger partial charge in [0.2, 0.25) is 0 Å². The number of carbonyl (C=O) groups excluding carboxylic acids is 1. The van der Waals surface area contributed by atoms with E-state index in [1.807, 2.05) is 0 Å². The van der Waals surface area contributed by atoms with Crippen LogP contribution in [-0.2, 0) is 9.53 Å². The summed E-state index contributed by atoms with van der Waals surface area (Å²) in [6, 6.07) is 0. The monoisotopic (exact) mass is 218 g/mol. The lowest BCUT2D eigenvalue weighted by molar-refractivity contribution is -0.140. The maximum Gasteiger partial charge on any atom is 0.318 e. The van der Waals surface area contributed by atoms with Crippen molar-refractivity contribution in [3.8, 4) is 0 Å². The number of thiol groups is 1. The van der Waals surface area contributed by atoms with Crippen molar-refractivity contribution in [1.29, 1.82) is 0 Å². The van der Waals surface area contributed by atoms with Crippen LogP contribution in [0.1, 0.15) is 51.9 Å². The lowest BCUT2D eigenvalue weighted by Gasteiger charge is -2.07. The SMILES string of the molecule is CCCCCCCCC(S)C(=O)OC. The molecule has 0 aliphatic heterocycles. The Morgan fingerprint density at radius 2 is 1.79 bits per heavy atom. The fraction of sp³-hybridized carbons (Fsp3) is 0.909. The van der Waals surface area contributed by atoms with E-state index in [9.17, 15) is 4.79 Å². The molecule has 0 rings (SSSR count). The molecule has 0 aliphatic carbocycles. The molecule has 1 unspecified atom stereocenters. The number of hydrogen-bond acceptors (Lipinski definition) is 3. The average molecular weight is 218 g/mol. The number of methoxy groups -OCH3 is 1. The topological polar surface area (TPSA) is 26.3 Å². The Morgan fingerprint density at radius 1 is 1.21 bits per heavy atom. The highest BCUT2D eigenvalue weighted by molar-refractivity contribution is 7.81. The zero-order valence-corrected chi connectivity index (χ0v) is 10.2. The van der Waals surface area contributed by atoms with Gasteiger partial charge < -0.3 is 4.74 Å². The molecule has 0 radical (unpaired) electrons. The van der Waals surface area contributed by atoms with Crippen LogP contribution in [0.3, 0.4) is 0 Å². The van der Waals surface area contributed by atoms with E-state index in [0.29, 0.717) is 0 Å². The van der Waals surface area contributed by atoms with Crippen molar-refractivity contribution in [3.05, 3.63) is 0 Å². The van der Waals surface area contributed by atoms with Crippen molar-refractivity contribution >= 4 is 18.6 Å². The maximum atomic E-state index is 11.0. The van der Waals surface area contributed by atoms with Crippen LogP contribution in [0.4, 0.5) is 0 Å². The van der Waals surface area contributed by atoms with E-state index in [2.05, 4.69) is 24.3 Å². The first-order valence-corrected chi connectivity index (χ1v) is 6.00. The summed E-state index contributed by atoms with van der Waals surface area (Å²) < 4.78 is 4.59. The lowest BCUT2D eigenvalue weighted by Crippen LogP contribution is -2.15. The van der Waals surface area contributed by atoms with Gasteiger partial charge in [-0.15, -0.1) is 0 Å². The van der Waals surface area contributed by atoms with Crippen molar-refractivity contribution in [2.75, 3.05) is 7.11 Å². The lowest BCUT2D eigenvalue weighted by atomic mass is 10.1. The van der Waals surface area contributed by atoms with Gasteiger partial charge in [0.25, 0.3) is 0 Å². The molecule has 0 heterocycles. The Labute approximate surface area is 92.8 Å². The van der Waals surface area contributed by atoms with E-state index in [1.165, 1.54) is 39.2 Å². The van der Waals surface area contributed by atoms with Crippen molar-refractivity contribution in [1.82, 2.24) is 0 Å². The molecule has 0 saturated carbocycles. The standard InChI is InChI=1S/C11H22O2S/c1-3-4-5-6-7-8-9-10(14)11(12)13-2/h10,14H,3-9H2,1-2H3. The first-order valence-electron chi connectivity index (χ1n) is 5.48. The number of unbranched alkanes of at least 4 members (excludes halogenated alkanes) is 5. The Hall–Kier alpha value is -0.180. The second kappa shape index (κ2) is 9.38. The van der Waals surface area contributed by atoms with Crippen molar-refractivity contribution in [2.45, 2.75) is 57.1 Å². The minimum Gasteiger partial charge on any atom is -0.468 e. The molecule has 2 nitrogen and oxygen atoms in total. The van der Waals surface area contributed by atoms with E-state index in [1.54, 1.807) is 0 Å². The number of esters is 1. The first-order chi connectivity index (χ1) is 6.72. The molecule has 1 atom stereocenters. The third-order valence-electron chi connectivity index (χ3n) is 2.30. The molecule has 0 aliphatic rings. The highest BCUT2D eigenvalue weighted by Crippen LogP contribution is 2.12. The Kier molecular flexibility index (Phi) is 9.26. The third-order valence-corrected chi connectivity index (χ3v) is 2.77. The van der Waals surface area contributed by atoms with Crippen molar-refractivity contribution in [3.63, 3.8) is 0 Å². The predicted molar refractivity (Wildman–Crippen MR) is 62.8 cm³/mol. The van der Waals surface area contributed by atoms with Crippen LogP contribution in [0, 0.1) is 0 Å². The van der Waals surface area contributed by atoms with Crippen molar-refractivity contribution < 1.29 is 9.53 Å². The van der Waals surface area contributed by atoms with Gasteiger partial charge >= 0.3 is 5.97 Å². The van der Waals surface area contributed by atoms with Gasteiger partial charge in [0.15, 0.2) is 0 Å². The highest BCUT2D eigenvalue weighted by atomic mass is 32.1. The quantitative estimate of drug-likeness (QED) is 0.385. The molecule has 0 amide bonds. The molecule has 0 fully saturated rings. The molecule has 0 spiro atoms. The molecule has 0 aromatic heterocycles. The van der Waals surface area contributed by atoms with Crippen LogP contribution in [0.5, 0.6) is 0 Å². The summed E-state index contributed by atoms with van der Waals surface area (Å²) in [6.45, 7) is 2.21.